The average Bonchev–Trinajstić information content (AvgIpc) is 2.82. The molecule has 0 saturated heterocycles. The maximum atomic E-state index is 11.8. The number of hydrogen-bond acceptors (Lipinski definition) is 2. The predicted octanol–water partition coefficient (Wildman–Crippen LogP) is 3.05. The van der Waals surface area contributed by atoms with Gasteiger partial charge in [0.15, 0.2) is 0 Å². The van der Waals surface area contributed by atoms with Crippen LogP contribution < -0.4 is 10.6 Å². The van der Waals surface area contributed by atoms with Gasteiger partial charge in [0.05, 0.1) is 15.7 Å². The Morgan fingerprint density at radius 2 is 2.16 bits per heavy atom. The van der Waals surface area contributed by atoms with Crippen LogP contribution in [0.3, 0.4) is 0 Å². The normalized spacial score (nSPS) is 21.4. The molecule has 0 saturated carbocycles. The molecular formula is C13H14Cl2N2O2. The van der Waals surface area contributed by atoms with E-state index in [2.05, 4.69) is 10.6 Å². The number of amides is 2. The number of nitrogens with one attached hydrogen (secondary N) is 2. The van der Waals surface area contributed by atoms with Crippen molar-refractivity contribution in [3.63, 3.8) is 0 Å². The van der Waals surface area contributed by atoms with E-state index < -0.39 is 0 Å². The Labute approximate surface area is 121 Å². The van der Waals surface area contributed by atoms with Gasteiger partial charge in [-0.15, -0.1) is 0 Å². The molecule has 0 aliphatic heterocycles. The second-order valence-corrected chi connectivity index (χ2v) is 5.15. The Hall–Kier alpha value is -1.23. The van der Waals surface area contributed by atoms with Crippen molar-refractivity contribution in [3.8, 4) is 0 Å². The molecule has 2 atom stereocenters. The van der Waals surface area contributed by atoms with Gasteiger partial charge in [0.1, 0.15) is 0 Å². The largest absolute Gasteiger partial charge is 0.396 e. The van der Waals surface area contributed by atoms with Crippen LogP contribution in [0.2, 0.25) is 10.0 Å². The number of rotatable bonds is 3. The number of aliphatic hydroxyl groups excluding tert-OH is 1. The predicted molar refractivity (Wildman–Crippen MR) is 76.7 cm³/mol. The van der Waals surface area contributed by atoms with Gasteiger partial charge in [-0.05, 0) is 18.6 Å². The van der Waals surface area contributed by atoms with Crippen LogP contribution in [0, 0.1) is 5.92 Å². The highest BCUT2D eigenvalue weighted by Gasteiger charge is 2.20. The van der Waals surface area contributed by atoms with E-state index in [4.69, 9.17) is 28.3 Å². The number of benzene rings is 1. The summed E-state index contributed by atoms with van der Waals surface area (Å²) in [5, 5.41) is 15.1. The summed E-state index contributed by atoms with van der Waals surface area (Å²) in [7, 11) is 0. The van der Waals surface area contributed by atoms with Crippen molar-refractivity contribution in [2.24, 2.45) is 5.92 Å². The van der Waals surface area contributed by atoms with Gasteiger partial charge >= 0.3 is 6.03 Å². The third kappa shape index (κ3) is 3.62. The van der Waals surface area contributed by atoms with Gasteiger partial charge in [-0.2, -0.15) is 0 Å². The smallest absolute Gasteiger partial charge is 0.319 e. The molecule has 0 aromatic heterocycles. The number of carbonyl (C=O) groups excluding carboxylic acids is 1. The zero-order valence-electron chi connectivity index (χ0n) is 10.1. The maximum Gasteiger partial charge on any atom is 0.319 e. The summed E-state index contributed by atoms with van der Waals surface area (Å²) in [6.45, 7) is 0.0937. The third-order valence-corrected chi connectivity index (χ3v) is 3.74. The van der Waals surface area contributed by atoms with Crippen LogP contribution in [0.25, 0.3) is 0 Å². The lowest BCUT2D eigenvalue weighted by atomic mass is 10.1. The number of carbonyl (C=O) groups is 1. The molecule has 0 radical (unpaired) electrons. The fourth-order valence-corrected chi connectivity index (χ4v) is 2.29. The molecule has 19 heavy (non-hydrogen) atoms. The molecule has 6 heteroatoms. The topological polar surface area (TPSA) is 61.4 Å². The quantitative estimate of drug-likeness (QED) is 0.751. The lowest BCUT2D eigenvalue weighted by molar-refractivity contribution is 0.238. The van der Waals surface area contributed by atoms with E-state index in [9.17, 15) is 4.79 Å². The summed E-state index contributed by atoms with van der Waals surface area (Å²) in [6, 6.07) is 4.61. The van der Waals surface area contributed by atoms with Gasteiger partial charge < -0.3 is 15.7 Å². The van der Waals surface area contributed by atoms with E-state index in [0.29, 0.717) is 22.2 Å². The lowest BCUT2D eigenvalue weighted by Gasteiger charge is -2.14. The van der Waals surface area contributed by atoms with Crippen molar-refractivity contribution < 1.29 is 9.90 Å². The van der Waals surface area contributed by atoms with E-state index in [1.165, 1.54) is 0 Å². The van der Waals surface area contributed by atoms with Crippen molar-refractivity contribution in [3.05, 3.63) is 40.4 Å². The van der Waals surface area contributed by atoms with E-state index in [0.717, 1.165) is 0 Å². The monoisotopic (exact) mass is 300 g/mol. The molecule has 1 aromatic carbocycles. The third-order valence-electron chi connectivity index (χ3n) is 2.92. The summed E-state index contributed by atoms with van der Waals surface area (Å²) < 4.78 is 0. The first-order valence-electron chi connectivity index (χ1n) is 5.91. The molecule has 3 N–H and O–H groups in total. The molecular weight excluding hydrogens is 287 g/mol. The van der Waals surface area contributed by atoms with Crippen LogP contribution in [0.4, 0.5) is 10.5 Å². The Balaban J connectivity index is 1.92. The Morgan fingerprint density at radius 3 is 2.84 bits per heavy atom. The maximum absolute atomic E-state index is 11.8. The molecule has 1 aliphatic rings. The Morgan fingerprint density at radius 1 is 1.37 bits per heavy atom. The van der Waals surface area contributed by atoms with Crippen molar-refractivity contribution in [2.75, 3.05) is 11.9 Å². The van der Waals surface area contributed by atoms with Gasteiger partial charge in [0.25, 0.3) is 0 Å². The molecule has 0 spiro atoms. The van der Waals surface area contributed by atoms with Crippen LogP contribution in [-0.2, 0) is 0 Å². The standard InChI is InChI=1S/C13H14Cl2N2O2/c14-10-2-1-3-11(12(10)15)17-13(19)16-9-5-4-8(6-9)7-18/h1-5,8-9,18H,6-7H2,(H2,16,17,19)/t8-,9+/m0/s1. The first-order chi connectivity index (χ1) is 9.10. The summed E-state index contributed by atoms with van der Waals surface area (Å²) >= 11 is 11.8. The van der Waals surface area contributed by atoms with Crippen molar-refractivity contribution >= 4 is 34.9 Å². The van der Waals surface area contributed by atoms with Crippen molar-refractivity contribution in [1.29, 1.82) is 0 Å². The number of urea groups is 1. The Kier molecular flexibility index (Phi) is 4.69. The second kappa shape index (κ2) is 6.28. The highest BCUT2D eigenvalue weighted by Crippen LogP contribution is 2.29. The number of halogens is 2. The van der Waals surface area contributed by atoms with Crippen molar-refractivity contribution in [1.82, 2.24) is 5.32 Å². The first-order valence-corrected chi connectivity index (χ1v) is 6.66. The summed E-state index contributed by atoms with van der Waals surface area (Å²) in [4.78, 5) is 11.8. The number of aliphatic hydroxyl groups is 1. The molecule has 102 valence electrons. The fourth-order valence-electron chi connectivity index (χ4n) is 1.94. The minimum absolute atomic E-state index is 0.0740. The van der Waals surface area contributed by atoms with E-state index in [1.807, 2.05) is 12.2 Å². The van der Waals surface area contributed by atoms with E-state index in [-0.39, 0.29) is 24.6 Å². The molecule has 4 nitrogen and oxygen atoms in total. The molecule has 0 fully saturated rings. The highest BCUT2D eigenvalue weighted by molar-refractivity contribution is 6.43. The fraction of sp³-hybridized carbons (Fsp3) is 0.308. The summed E-state index contributed by atoms with van der Waals surface area (Å²) in [6.07, 6.45) is 4.48. The van der Waals surface area contributed by atoms with Gasteiger partial charge in [0, 0.05) is 18.6 Å². The van der Waals surface area contributed by atoms with Gasteiger partial charge in [-0.3, -0.25) is 0 Å². The number of hydrogen-bond donors (Lipinski definition) is 3. The summed E-state index contributed by atoms with van der Waals surface area (Å²) in [5.41, 5.74) is 0.465. The van der Waals surface area contributed by atoms with Crippen LogP contribution >= 0.6 is 23.2 Å². The Bertz CT molecular complexity index is 505. The van der Waals surface area contributed by atoms with Crippen LogP contribution in [0.5, 0.6) is 0 Å². The average molecular weight is 301 g/mol. The highest BCUT2D eigenvalue weighted by atomic mass is 35.5. The van der Waals surface area contributed by atoms with Gasteiger partial charge in [-0.25, -0.2) is 4.79 Å². The molecule has 0 heterocycles. The molecule has 1 aromatic rings. The lowest BCUT2D eigenvalue weighted by Crippen LogP contribution is -2.36. The van der Waals surface area contributed by atoms with Crippen LogP contribution in [0.15, 0.2) is 30.4 Å². The van der Waals surface area contributed by atoms with Crippen LogP contribution in [-0.4, -0.2) is 23.8 Å². The van der Waals surface area contributed by atoms with E-state index >= 15 is 0 Å². The second-order valence-electron chi connectivity index (χ2n) is 4.37. The van der Waals surface area contributed by atoms with Crippen LogP contribution in [0.1, 0.15) is 6.42 Å². The minimum atomic E-state index is -0.350. The molecule has 2 amide bonds. The SMILES string of the molecule is O=C(Nc1cccc(Cl)c1Cl)N[C@@H]1C=C[C@H](CO)C1. The zero-order chi connectivity index (χ0) is 13.8. The molecule has 1 aliphatic carbocycles. The van der Waals surface area contributed by atoms with E-state index in [1.54, 1.807) is 18.2 Å². The van der Waals surface area contributed by atoms with Gasteiger partial charge in [0.2, 0.25) is 0 Å². The number of anilines is 1. The summed E-state index contributed by atoms with van der Waals surface area (Å²) in [5.74, 6) is 0.111. The molecule has 0 bridgehead atoms. The minimum Gasteiger partial charge on any atom is -0.396 e. The van der Waals surface area contributed by atoms with Gasteiger partial charge in [-0.1, -0.05) is 41.4 Å². The molecule has 2 rings (SSSR count). The van der Waals surface area contributed by atoms with Crippen molar-refractivity contribution in [2.45, 2.75) is 12.5 Å². The zero-order valence-corrected chi connectivity index (χ0v) is 11.6. The first kappa shape index (κ1) is 14.2. The molecule has 0 unspecified atom stereocenters.